The number of piperidine rings is 1. The Bertz CT molecular complexity index is 729. The molecule has 1 atom stereocenters. The van der Waals surface area contributed by atoms with Crippen molar-refractivity contribution in [2.24, 2.45) is 0 Å². The van der Waals surface area contributed by atoms with Gasteiger partial charge >= 0.3 is 5.97 Å². The number of benzene rings is 1. The topological polar surface area (TPSA) is 58.4 Å². The number of carboxylic acid groups (broad SMARTS) is 1. The third-order valence-electron chi connectivity index (χ3n) is 4.38. The summed E-state index contributed by atoms with van der Waals surface area (Å²) in [7, 11) is 0. The van der Waals surface area contributed by atoms with Gasteiger partial charge in [-0.25, -0.2) is 13.8 Å². The highest BCUT2D eigenvalue weighted by Gasteiger charge is 2.43. The summed E-state index contributed by atoms with van der Waals surface area (Å²) < 4.78 is 29.1. The van der Waals surface area contributed by atoms with E-state index in [2.05, 4.69) is 4.98 Å². The number of carbonyl (C=O) groups is 1. The Morgan fingerprint density at radius 3 is 2.87 bits per heavy atom. The van der Waals surface area contributed by atoms with Gasteiger partial charge in [-0.1, -0.05) is 12.1 Å². The summed E-state index contributed by atoms with van der Waals surface area (Å²) in [4.78, 5) is 17.5. The Labute approximate surface area is 132 Å². The van der Waals surface area contributed by atoms with Crippen molar-refractivity contribution in [2.75, 3.05) is 6.54 Å². The molecule has 0 spiro atoms. The van der Waals surface area contributed by atoms with Crippen molar-refractivity contribution in [3.8, 4) is 0 Å². The van der Waals surface area contributed by atoms with Crippen LogP contribution in [0.15, 0.2) is 24.3 Å². The van der Waals surface area contributed by atoms with Gasteiger partial charge in [0.1, 0.15) is 11.9 Å². The molecule has 7 heteroatoms. The van der Waals surface area contributed by atoms with E-state index in [0.717, 1.165) is 11.0 Å². The van der Waals surface area contributed by atoms with E-state index in [1.807, 2.05) is 35.8 Å². The summed E-state index contributed by atoms with van der Waals surface area (Å²) in [6.07, 6.45) is -0.960. The molecule has 2 aromatic rings. The second-order valence-corrected chi connectivity index (χ2v) is 5.90. The van der Waals surface area contributed by atoms with Gasteiger partial charge in [0.25, 0.3) is 5.92 Å². The lowest BCUT2D eigenvalue weighted by molar-refractivity contribution is -0.154. The van der Waals surface area contributed by atoms with Crippen LogP contribution in [0.3, 0.4) is 0 Å². The Morgan fingerprint density at radius 2 is 2.17 bits per heavy atom. The van der Waals surface area contributed by atoms with Gasteiger partial charge in [0.15, 0.2) is 0 Å². The molecule has 1 aromatic heterocycles. The fraction of sp³-hybridized carbons (Fsp3) is 0.500. The zero-order valence-electron chi connectivity index (χ0n) is 12.9. The maximum absolute atomic E-state index is 13.5. The van der Waals surface area contributed by atoms with Gasteiger partial charge in [0.05, 0.1) is 17.6 Å². The molecule has 0 amide bonds. The fourth-order valence-electron chi connectivity index (χ4n) is 3.19. The van der Waals surface area contributed by atoms with E-state index in [1.54, 1.807) is 4.90 Å². The Kier molecular flexibility index (Phi) is 4.06. The largest absolute Gasteiger partial charge is 0.480 e. The molecule has 0 saturated carbocycles. The second kappa shape index (κ2) is 5.88. The van der Waals surface area contributed by atoms with Crippen LogP contribution in [0.4, 0.5) is 8.78 Å². The minimum absolute atomic E-state index is 0.0525. The summed E-state index contributed by atoms with van der Waals surface area (Å²) in [5, 5.41) is 9.28. The zero-order valence-corrected chi connectivity index (χ0v) is 12.9. The number of halogens is 2. The molecule has 5 nitrogen and oxygen atoms in total. The first-order valence-electron chi connectivity index (χ1n) is 7.70. The van der Waals surface area contributed by atoms with Crippen LogP contribution in [0.25, 0.3) is 11.0 Å². The van der Waals surface area contributed by atoms with Gasteiger partial charge in [-0.15, -0.1) is 0 Å². The van der Waals surface area contributed by atoms with Gasteiger partial charge < -0.3 is 9.67 Å². The van der Waals surface area contributed by atoms with Gasteiger partial charge in [-0.05, 0) is 19.1 Å². The van der Waals surface area contributed by atoms with Crippen molar-refractivity contribution in [1.29, 1.82) is 0 Å². The Balaban J connectivity index is 1.90. The van der Waals surface area contributed by atoms with Gasteiger partial charge in [-0.2, -0.15) is 0 Å². The molecule has 2 heterocycles. The van der Waals surface area contributed by atoms with Crippen LogP contribution in [0, 0.1) is 0 Å². The molecule has 1 aliphatic heterocycles. The number of likely N-dealkylation sites (tertiary alicyclic amines) is 1. The standard InChI is InChI=1S/C16H19F2N3O2/c1-2-21-12-6-4-3-5-11(12)19-14(21)10-20-8-7-16(17,18)9-13(20)15(22)23/h3-6,13H,2,7-10H2,1H3,(H,22,23). The van der Waals surface area contributed by atoms with E-state index < -0.39 is 24.4 Å². The van der Waals surface area contributed by atoms with Crippen LogP contribution in [0.5, 0.6) is 0 Å². The number of rotatable bonds is 4. The summed E-state index contributed by atoms with van der Waals surface area (Å²) in [5.41, 5.74) is 1.80. The number of nitrogens with zero attached hydrogens (tertiary/aromatic N) is 3. The fourth-order valence-corrected chi connectivity index (χ4v) is 3.19. The maximum Gasteiger partial charge on any atom is 0.321 e. The number of aryl methyl sites for hydroxylation is 1. The van der Waals surface area contributed by atoms with Crippen LogP contribution in [-0.4, -0.2) is 44.0 Å². The van der Waals surface area contributed by atoms with Gasteiger partial charge in [-0.3, -0.25) is 9.69 Å². The first-order valence-corrected chi connectivity index (χ1v) is 7.70. The number of carboxylic acids is 1. The predicted molar refractivity (Wildman–Crippen MR) is 81.4 cm³/mol. The van der Waals surface area contributed by atoms with Crippen molar-refractivity contribution in [3.05, 3.63) is 30.1 Å². The third-order valence-corrected chi connectivity index (χ3v) is 4.38. The molecule has 1 fully saturated rings. The van der Waals surface area contributed by atoms with Crippen molar-refractivity contribution < 1.29 is 18.7 Å². The van der Waals surface area contributed by atoms with Crippen LogP contribution < -0.4 is 0 Å². The molecule has 23 heavy (non-hydrogen) atoms. The lowest BCUT2D eigenvalue weighted by Crippen LogP contribution is -2.50. The maximum atomic E-state index is 13.5. The SMILES string of the molecule is CCn1c(CN2CCC(F)(F)CC2C(=O)O)nc2ccccc21. The lowest BCUT2D eigenvalue weighted by Gasteiger charge is -2.36. The number of aromatic nitrogens is 2. The summed E-state index contributed by atoms with van der Waals surface area (Å²) in [6, 6.07) is 6.48. The van der Waals surface area contributed by atoms with Crippen molar-refractivity contribution in [3.63, 3.8) is 0 Å². The van der Waals surface area contributed by atoms with E-state index in [4.69, 9.17) is 0 Å². The smallest absolute Gasteiger partial charge is 0.321 e. The molecule has 1 N–H and O–H groups in total. The molecular formula is C16H19F2N3O2. The highest BCUT2D eigenvalue weighted by molar-refractivity contribution is 5.76. The van der Waals surface area contributed by atoms with Crippen molar-refractivity contribution in [1.82, 2.24) is 14.5 Å². The molecular weight excluding hydrogens is 304 g/mol. The summed E-state index contributed by atoms with van der Waals surface area (Å²) in [6.45, 7) is 2.99. The molecule has 0 aliphatic carbocycles. The van der Waals surface area contributed by atoms with Crippen LogP contribution in [-0.2, 0) is 17.9 Å². The van der Waals surface area contributed by atoms with Crippen LogP contribution >= 0.6 is 0 Å². The minimum Gasteiger partial charge on any atom is -0.480 e. The Morgan fingerprint density at radius 1 is 1.43 bits per heavy atom. The summed E-state index contributed by atoms with van der Waals surface area (Å²) >= 11 is 0. The predicted octanol–water partition coefficient (Wildman–Crippen LogP) is 2.74. The zero-order chi connectivity index (χ0) is 16.6. The molecule has 1 aliphatic rings. The first-order chi connectivity index (χ1) is 10.9. The van der Waals surface area contributed by atoms with Gasteiger partial charge in [0, 0.05) is 25.9 Å². The lowest BCUT2D eigenvalue weighted by atomic mass is 9.98. The van der Waals surface area contributed by atoms with Crippen molar-refractivity contribution in [2.45, 2.75) is 44.8 Å². The van der Waals surface area contributed by atoms with E-state index in [9.17, 15) is 18.7 Å². The molecule has 1 aromatic carbocycles. The number of alkyl halides is 2. The highest BCUT2D eigenvalue weighted by Crippen LogP contribution is 2.33. The summed E-state index contributed by atoms with van der Waals surface area (Å²) in [5.74, 6) is -3.40. The number of imidazole rings is 1. The van der Waals surface area contributed by atoms with Crippen LogP contribution in [0.1, 0.15) is 25.6 Å². The number of hydrogen-bond donors (Lipinski definition) is 1. The second-order valence-electron chi connectivity index (χ2n) is 5.90. The average molecular weight is 323 g/mol. The van der Waals surface area contributed by atoms with E-state index >= 15 is 0 Å². The number of para-hydroxylation sites is 2. The highest BCUT2D eigenvalue weighted by atomic mass is 19.3. The number of fused-ring (bicyclic) bond motifs is 1. The van der Waals surface area contributed by atoms with Crippen molar-refractivity contribution >= 4 is 17.0 Å². The molecule has 3 rings (SSSR count). The third kappa shape index (κ3) is 3.06. The van der Waals surface area contributed by atoms with E-state index in [-0.39, 0.29) is 19.5 Å². The average Bonchev–Trinajstić information content (AvgIpc) is 2.85. The molecule has 0 radical (unpaired) electrons. The quantitative estimate of drug-likeness (QED) is 0.940. The Hall–Kier alpha value is -2.02. The normalized spacial score (nSPS) is 21.6. The molecule has 1 saturated heterocycles. The monoisotopic (exact) mass is 323 g/mol. The van der Waals surface area contributed by atoms with Gasteiger partial charge in [0.2, 0.25) is 0 Å². The van der Waals surface area contributed by atoms with Crippen LogP contribution in [0.2, 0.25) is 0 Å². The van der Waals surface area contributed by atoms with E-state index in [0.29, 0.717) is 12.4 Å². The molecule has 124 valence electrons. The number of aliphatic carboxylic acids is 1. The number of hydrogen-bond acceptors (Lipinski definition) is 3. The minimum atomic E-state index is -2.91. The molecule has 1 unspecified atom stereocenters. The molecule has 0 bridgehead atoms. The van der Waals surface area contributed by atoms with E-state index in [1.165, 1.54) is 0 Å². The first kappa shape index (κ1) is 15.9.